The van der Waals surface area contributed by atoms with Crippen molar-refractivity contribution in [3.63, 3.8) is 0 Å². The van der Waals surface area contributed by atoms with Crippen LogP contribution in [0.15, 0.2) is 36.0 Å². The molecule has 6 aliphatic rings. The molecule has 4 aliphatic heterocycles. The number of hydrogen-bond acceptors (Lipinski definition) is 8. The minimum absolute atomic E-state index is 0.00503. The second-order valence-corrected chi connectivity index (χ2v) is 19.4. The Morgan fingerprint density at radius 1 is 0.953 bits per heavy atom. The van der Waals surface area contributed by atoms with E-state index in [1.54, 1.807) is 0 Å². The SMILES string of the molecule is C/C=C/CCCCCC1C=C2C34OC(=O)[C@]2(CC2SCCCS2)CC(=O)CC3C1C[C@H](C1(CC/C=C/C)SCCCS1)O4. The predicted molar refractivity (Wildman–Crippen MR) is 186 cm³/mol. The molecule has 8 heteroatoms. The summed E-state index contributed by atoms with van der Waals surface area (Å²) in [6.45, 7) is 4.20. The van der Waals surface area contributed by atoms with Gasteiger partial charge in [-0.3, -0.25) is 9.59 Å². The number of hydrogen-bond donors (Lipinski definition) is 0. The largest absolute Gasteiger partial charge is 0.428 e. The normalized spacial score (nSPS) is 37.5. The molecule has 0 amide bonds. The molecule has 1 spiro atoms. The maximum absolute atomic E-state index is 14.3. The number of esters is 1. The lowest BCUT2D eigenvalue weighted by Gasteiger charge is -2.56. The van der Waals surface area contributed by atoms with Crippen LogP contribution in [0.5, 0.6) is 0 Å². The van der Waals surface area contributed by atoms with Gasteiger partial charge < -0.3 is 9.47 Å². The Labute approximate surface area is 276 Å². The predicted octanol–water partition coefficient (Wildman–Crippen LogP) is 9.20. The summed E-state index contributed by atoms with van der Waals surface area (Å²) in [5, 5.41) is 0. The lowest BCUT2D eigenvalue weighted by molar-refractivity contribution is -0.282. The highest BCUT2D eigenvalue weighted by molar-refractivity contribution is 8.19. The molecule has 4 heterocycles. The first-order chi connectivity index (χ1) is 21.0. The van der Waals surface area contributed by atoms with Gasteiger partial charge in [-0.1, -0.05) is 43.2 Å². The molecule has 5 bridgehead atoms. The van der Waals surface area contributed by atoms with Crippen LogP contribution < -0.4 is 0 Å². The second-order valence-electron chi connectivity index (χ2n) is 13.3. The summed E-state index contributed by atoms with van der Waals surface area (Å²) in [6, 6.07) is 0. The molecule has 238 valence electrons. The Balaban J connectivity index is 1.37. The van der Waals surface area contributed by atoms with Crippen LogP contribution in [-0.2, 0) is 19.1 Å². The summed E-state index contributed by atoms with van der Waals surface area (Å²) in [6.07, 6.45) is 24.2. The average Bonchev–Trinajstić information content (AvgIpc) is 3.18. The van der Waals surface area contributed by atoms with Crippen molar-refractivity contribution >= 4 is 58.8 Å². The summed E-state index contributed by atoms with van der Waals surface area (Å²) in [7, 11) is 0. The lowest BCUT2D eigenvalue weighted by Crippen LogP contribution is -2.61. The highest BCUT2D eigenvalue weighted by Crippen LogP contribution is 2.68. The molecule has 0 aromatic carbocycles. The molecule has 0 aromatic heterocycles. The minimum Gasteiger partial charge on any atom is -0.428 e. The van der Waals surface area contributed by atoms with E-state index in [4.69, 9.17) is 9.47 Å². The fourth-order valence-corrected chi connectivity index (χ4v) is 15.2. The van der Waals surface area contributed by atoms with Crippen LogP contribution in [0.25, 0.3) is 0 Å². The van der Waals surface area contributed by atoms with Gasteiger partial charge in [-0.15, -0.1) is 47.0 Å². The summed E-state index contributed by atoms with van der Waals surface area (Å²) < 4.78 is 14.3. The van der Waals surface area contributed by atoms with E-state index in [9.17, 15) is 9.59 Å². The first kappa shape index (κ1) is 32.7. The monoisotopic (exact) mass is 662 g/mol. The first-order valence-corrected chi connectivity index (χ1v) is 20.9. The highest BCUT2D eigenvalue weighted by Gasteiger charge is 2.73. The quantitative estimate of drug-likeness (QED) is 0.117. The number of rotatable bonds is 12. The number of Topliss-reactive ketones (excluding diaryl/α,β-unsaturated/α-hetero) is 1. The Morgan fingerprint density at radius 2 is 1.70 bits per heavy atom. The Hall–Kier alpha value is -0.280. The van der Waals surface area contributed by atoms with E-state index in [0.717, 1.165) is 60.7 Å². The summed E-state index contributed by atoms with van der Waals surface area (Å²) >= 11 is 8.10. The lowest BCUT2D eigenvalue weighted by atomic mass is 9.61. The Kier molecular flexibility index (Phi) is 10.8. The average molecular weight is 663 g/mol. The minimum atomic E-state index is -1.06. The fourth-order valence-electron chi connectivity index (χ4n) is 8.62. The van der Waals surface area contributed by atoms with Crippen molar-refractivity contribution < 1.29 is 19.1 Å². The van der Waals surface area contributed by atoms with Crippen molar-refractivity contribution in [2.45, 2.75) is 118 Å². The summed E-state index contributed by atoms with van der Waals surface area (Å²) in [5.74, 6) is 4.19. The topological polar surface area (TPSA) is 52.6 Å². The number of carbonyl (C=O) groups is 2. The molecule has 0 radical (unpaired) electrons. The van der Waals surface area contributed by atoms with Gasteiger partial charge in [0, 0.05) is 24.3 Å². The van der Waals surface area contributed by atoms with Gasteiger partial charge >= 0.3 is 5.97 Å². The maximum Gasteiger partial charge on any atom is 0.319 e. The van der Waals surface area contributed by atoms with Crippen LogP contribution in [0.2, 0.25) is 0 Å². The molecule has 43 heavy (non-hydrogen) atoms. The zero-order valence-electron chi connectivity index (χ0n) is 26.1. The van der Waals surface area contributed by atoms with Gasteiger partial charge in [-0.25, -0.2) is 0 Å². The molecule has 1 saturated carbocycles. The molecular weight excluding hydrogens is 613 g/mol. The smallest absolute Gasteiger partial charge is 0.319 e. The summed E-state index contributed by atoms with van der Waals surface area (Å²) in [5.41, 5.74) is 0.192. The number of ketones is 1. The standard InChI is InChI=1S/C35H50O4S4/c1-3-5-7-8-9-10-14-25-20-29-33(24-31-40-16-12-17-41-31)23-26(36)21-28-27(25)22-30(38-35(28,29)39-32(33)37)34(15-11-6-4-2)42-18-13-19-43-34/h3-6,20,25,27-28,30-31H,7-19,21-24H2,1-2H3/b5-3+,6-4+/t25?,27?,28?,30-,33+,35?/m1/s1. The van der Waals surface area contributed by atoms with Gasteiger partial charge in [0.05, 0.1) is 14.8 Å². The van der Waals surface area contributed by atoms with Crippen molar-refractivity contribution in [2.75, 3.05) is 23.0 Å². The first-order valence-electron chi connectivity index (χ1n) is 16.9. The third kappa shape index (κ3) is 6.36. The molecule has 4 unspecified atom stereocenters. The van der Waals surface area contributed by atoms with Crippen molar-refractivity contribution in [1.29, 1.82) is 0 Å². The molecule has 2 aliphatic carbocycles. The molecule has 4 nitrogen and oxygen atoms in total. The molecule has 4 saturated heterocycles. The molecule has 6 rings (SSSR count). The van der Waals surface area contributed by atoms with Crippen LogP contribution in [0.3, 0.4) is 0 Å². The van der Waals surface area contributed by atoms with Crippen LogP contribution in [0, 0.1) is 23.2 Å². The summed E-state index contributed by atoms with van der Waals surface area (Å²) in [4.78, 5) is 28.1. The van der Waals surface area contributed by atoms with Gasteiger partial charge in [0.15, 0.2) is 0 Å². The van der Waals surface area contributed by atoms with Gasteiger partial charge in [0.1, 0.15) is 11.2 Å². The van der Waals surface area contributed by atoms with Crippen LogP contribution in [0.4, 0.5) is 0 Å². The molecule has 0 aromatic rings. The molecule has 5 fully saturated rings. The van der Waals surface area contributed by atoms with Gasteiger partial charge in [0.2, 0.25) is 5.79 Å². The van der Waals surface area contributed by atoms with Crippen molar-refractivity contribution in [1.82, 2.24) is 0 Å². The van der Waals surface area contributed by atoms with E-state index in [-0.39, 0.29) is 27.9 Å². The van der Waals surface area contributed by atoms with E-state index in [0.29, 0.717) is 35.7 Å². The second kappa shape index (κ2) is 14.2. The third-order valence-electron chi connectivity index (χ3n) is 10.6. The van der Waals surface area contributed by atoms with Crippen molar-refractivity contribution in [2.24, 2.45) is 23.2 Å². The number of thioether (sulfide) groups is 4. The van der Waals surface area contributed by atoms with Crippen LogP contribution in [0.1, 0.15) is 97.3 Å². The molecule has 6 atom stereocenters. The number of unbranched alkanes of at least 4 members (excludes halogenated alkanes) is 3. The number of carbonyl (C=O) groups excluding carboxylic acids is 2. The van der Waals surface area contributed by atoms with Gasteiger partial charge in [0.25, 0.3) is 0 Å². The van der Waals surface area contributed by atoms with Gasteiger partial charge in [-0.05, 0) is 106 Å². The van der Waals surface area contributed by atoms with E-state index in [1.807, 2.05) is 23.5 Å². The van der Waals surface area contributed by atoms with Crippen molar-refractivity contribution in [3.05, 3.63) is 36.0 Å². The third-order valence-corrected chi connectivity index (χ3v) is 17.2. The highest BCUT2D eigenvalue weighted by atomic mass is 32.2. The maximum atomic E-state index is 14.3. The Bertz CT molecular complexity index is 1110. The van der Waals surface area contributed by atoms with E-state index in [1.165, 1.54) is 32.1 Å². The van der Waals surface area contributed by atoms with Crippen LogP contribution >= 0.6 is 47.0 Å². The van der Waals surface area contributed by atoms with Crippen molar-refractivity contribution in [3.8, 4) is 0 Å². The molecule has 0 N–H and O–H groups in total. The molecular formula is C35H50O4S4. The van der Waals surface area contributed by atoms with E-state index in [2.05, 4.69) is 67.8 Å². The van der Waals surface area contributed by atoms with Gasteiger partial charge in [-0.2, -0.15) is 0 Å². The van der Waals surface area contributed by atoms with E-state index >= 15 is 0 Å². The van der Waals surface area contributed by atoms with E-state index < -0.39 is 11.2 Å². The zero-order valence-corrected chi connectivity index (χ0v) is 29.3. The number of allylic oxidation sites excluding steroid dienone is 5. The Morgan fingerprint density at radius 3 is 2.47 bits per heavy atom. The van der Waals surface area contributed by atoms with Crippen LogP contribution in [-0.4, -0.2) is 55.3 Å². The number of ether oxygens (including phenoxy) is 2. The fraction of sp³-hybridized carbons (Fsp3) is 0.771. The zero-order chi connectivity index (χ0) is 29.9.